The highest BCUT2D eigenvalue weighted by Crippen LogP contribution is 2.34. The molecular formula is C15H22ClN3O. The number of halogens is 1. The summed E-state index contributed by atoms with van der Waals surface area (Å²) >= 11 is 6.35. The van der Waals surface area contributed by atoms with Gasteiger partial charge in [-0.3, -0.25) is 0 Å². The lowest BCUT2D eigenvalue weighted by Crippen LogP contribution is -2.25. The molecule has 4 nitrogen and oxygen atoms in total. The molecule has 1 heterocycles. The van der Waals surface area contributed by atoms with Gasteiger partial charge in [-0.05, 0) is 42.9 Å². The first-order valence-corrected chi connectivity index (χ1v) is 7.33. The van der Waals surface area contributed by atoms with Crippen molar-refractivity contribution < 1.29 is 5.21 Å². The maximum atomic E-state index is 8.70. The van der Waals surface area contributed by atoms with E-state index in [1.807, 2.05) is 12.1 Å². The molecule has 5 heteroatoms. The third-order valence-electron chi connectivity index (χ3n) is 4.03. The quantitative estimate of drug-likeness (QED) is 0.380. The second kappa shape index (κ2) is 5.92. The summed E-state index contributed by atoms with van der Waals surface area (Å²) in [7, 11) is 0. The Balaban J connectivity index is 2.21. The van der Waals surface area contributed by atoms with Crippen molar-refractivity contribution in [3.8, 4) is 0 Å². The summed E-state index contributed by atoms with van der Waals surface area (Å²) in [5.41, 5.74) is 7.64. The number of oxime groups is 1. The molecule has 0 amide bonds. The summed E-state index contributed by atoms with van der Waals surface area (Å²) in [5, 5.41) is 12.3. The molecule has 0 saturated carbocycles. The average Bonchev–Trinajstić information content (AvgIpc) is 2.59. The molecule has 1 fully saturated rings. The van der Waals surface area contributed by atoms with Crippen molar-refractivity contribution in [3.63, 3.8) is 0 Å². The molecule has 2 rings (SSSR count). The molecule has 20 heavy (non-hydrogen) atoms. The van der Waals surface area contributed by atoms with Gasteiger partial charge in [0.05, 0.1) is 10.7 Å². The summed E-state index contributed by atoms with van der Waals surface area (Å²) < 4.78 is 0. The van der Waals surface area contributed by atoms with Gasteiger partial charge in [-0.25, -0.2) is 0 Å². The Bertz CT molecular complexity index is 514. The van der Waals surface area contributed by atoms with Gasteiger partial charge in [-0.1, -0.05) is 30.6 Å². The Kier molecular flexibility index (Phi) is 4.43. The van der Waals surface area contributed by atoms with Crippen LogP contribution in [0.3, 0.4) is 0 Å². The third-order valence-corrected chi connectivity index (χ3v) is 4.33. The lowest BCUT2D eigenvalue weighted by atomic mass is 9.85. The van der Waals surface area contributed by atoms with Crippen LogP contribution in [0.1, 0.15) is 38.7 Å². The molecule has 1 aliphatic heterocycles. The van der Waals surface area contributed by atoms with Gasteiger partial charge in [0.2, 0.25) is 0 Å². The Morgan fingerprint density at radius 1 is 1.35 bits per heavy atom. The smallest absolute Gasteiger partial charge is 0.170 e. The highest BCUT2D eigenvalue weighted by molar-refractivity contribution is 6.33. The Hall–Kier alpha value is -1.42. The monoisotopic (exact) mass is 295 g/mol. The molecule has 0 spiro atoms. The van der Waals surface area contributed by atoms with Gasteiger partial charge in [0.15, 0.2) is 5.84 Å². The highest BCUT2D eigenvalue weighted by atomic mass is 35.5. The van der Waals surface area contributed by atoms with Gasteiger partial charge in [0.1, 0.15) is 0 Å². The van der Waals surface area contributed by atoms with E-state index in [2.05, 4.69) is 23.9 Å². The predicted molar refractivity (Wildman–Crippen MR) is 83.8 cm³/mol. The first kappa shape index (κ1) is 15.0. The third kappa shape index (κ3) is 3.37. The number of anilines is 1. The fraction of sp³-hybridized carbons (Fsp3) is 0.533. The van der Waals surface area contributed by atoms with Crippen molar-refractivity contribution in [3.05, 3.63) is 28.8 Å². The zero-order valence-electron chi connectivity index (χ0n) is 12.1. The van der Waals surface area contributed by atoms with E-state index in [9.17, 15) is 0 Å². The minimum atomic E-state index is 0.0791. The van der Waals surface area contributed by atoms with Gasteiger partial charge < -0.3 is 15.8 Å². The number of hydrogen-bond donors (Lipinski definition) is 2. The van der Waals surface area contributed by atoms with E-state index < -0.39 is 0 Å². The van der Waals surface area contributed by atoms with E-state index in [0.717, 1.165) is 25.2 Å². The molecule has 0 aliphatic carbocycles. The molecule has 1 saturated heterocycles. The normalized spacial score (nSPS) is 19.8. The fourth-order valence-electron chi connectivity index (χ4n) is 2.64. The van der Waals surface area contributed by atoms with Crippen molar-refractivity contribution in [2.24, 2.45) is 16.3 Å². The Labute approximate surface area is 125 Å². The Morgan fingerprint density at radius 2 is 2.10 bits per heavy atom. The van der Waals surface area contributed by atoms with Crippen LogP contribution in [-0.2, 0) is 0 Å². The molecule has 110 valence electrons. The number of rotatable bonds is 2. The van der Waals surface area contributed by atoms with Crippen molar-refractivity contribution in [1.29, 1.82) is 0 Å². The van der Waals surface area contributed by atoms with Crippen molar-refractivity contribution in [2.75, 3.05) is 18.0 Å². The first-order chi connectivity index (χ1) is 9.43. The van der Waals surface area contributed by atoms with Crippen LogP contribution in [0.2, 0.25) is 5.02 Å². The van der Waals surface area contributed by atoms with Gasteiger partial charge in [-0.2, -0.15) is 0 Å². The second-order valence-electron chi connectivity index (χ2n) is 6.16. The number of benzene rings is 1. The van der Waals surface area contributed by atoms with Crippen molar-refractivity contribution >= 4 is 23.1 Å². The Morgan fingerprint density at radius 3 is 2.75 bits per heavy atom. The zero-order valence-corrected chi connectivity index (χ0v) is 12.8. The van der Waals surface area contributed by atoms with Crippen LogP contribution in [0.4, 0.5) is 5.69 Å². The summed E-state index contributed by atoms with van der Waals surface area (Å²) in [6, 6.07) is 5.54. The molecule has 0 unspecified atom stereocenters. The molecule has 3 N–H and O–H groups in total. The molecule has 0 atom stereocenters. The van der Waals surface area contributed by atoms with Crippen LogP contribution < -0.4 is 10.6 Å². The van der Waals surface area contributed by atoms with Gasteiger partial charge in [0, 0.05) is 18.7 Å². The van der Waals surface area contributed by atoms with Crippen LogP contribution in [-0.4, -0.2) is 24.1 Å². The van der Waals surface area contributed by atoms with E-state index in [0.29, 0.717) is 16.0 Å². The molecule has 0 bridgehead atoms. The van der Waals surface area contributed by atoms with Crippen LogP contribution in [0.25, 0.3) is 0 Å². The number of nitrogens with zero attached hydrogens (tertiary/aromatic N) is 2. The minimum Gasteiger partial charge on any atom is -0.409 e. The molecule has 0 aromatic heterocycles. The first-order valence-electron chi connectivity index (χ1n) is 6.95. The maximum Gasteiger partial charge on any atom is 0.170 e. The van der Waals surface area contributed by atoms with Gasteiger partial charge in [-0.15, -0.1) is 0 Å². The van der Waals surface area contributed by atoms with E-state index in [1.165, 1.54) is 12.8 Å². The standard InChI is InChI=1S/C15H22ClN3O/c1-15(2)6-3-8-19(9-7-15)13-5-4-11(10-12(13)16)14(17)18-20/h4-5,10,20H,3,6-9H2,1-2H3,(H2,17,18). The molecule has 1 aromatic carbocycles. The van der Waals surface area contributed by atoms with Crippen LogP contribution in [0, 0.1) is 5.41 Å². The number of hydrogen-bond acceptors (Lipinski definition) is 3. The average molecular weight is 296 g/mol. The van der Waals surface area contributed by atoms with Crippen LogP contribution >= 0.6 is 11.6 Å². The van der Waals surface area contributed by atoms with E-state index in [1.54, 1.807) is 6.07 Å². The topological polar surface area (TPSA) is 61.8 Å². The van der Waals surface area contributed by atoms with Crippen LogP contribution in [0.5, 0.6) is 0 Å². The van der Waals surface area contributed by atoms with Crippen molar-refractivity contribution in [2.45, 2.75) is 33.1 Å². The van der Waals surface area contributed by atoms with Crippen LogP contribution in [0.15, 0.2) is 23.4 Å². The lowest BCUT2D eigenvalue weighted by molar-refractivity contribution is 0.318. The van der Waals surface area contributed by atoms with Gasteiger partial charge in [0.25, 0.3) is 0 Å². The fourth-order valence-corrected chi connectivity index (χ4v) is 2.94. The number of nitrogens with two attached hydrogens (primary N) is 1. The molecule has 1 aromatic rings. The summed E-state index contributed by atoms with van der Waals surface area (Å²) in [5.74, 6) is 0.0791. The lowest BCUT2D eigenvalue weighted by Gasteiger charge is -2.26. The van der Waals surface area contributed by atoms with E-state index >= 15 is 0 Å². The van der Waals surface area contributed by atoms with Gasteiger partial charge >= 0.3 is 0 Å². The summed E-state index contributed by atoms with van der Waals surface area (Å²) in [4.78, 5) is 2.33. The summed E-state index contributed by atoms with van der Waals surface area (Å²) in [6.07, 6.45) is 3.57. The minimum absolute atomic E-state index is 0.0791. The SMILES string of the molecule is CC1(C)CCCN(c2ccc(C(N)=NO)cc2Cl)CC1. The zero-order chi connectivity index (χ0) is 14.8. The van der Waals surface area contributed by atoms with E-state index in [-0.39, 0.29) is 5.84 Å². The molecule has 0 radical (unpaired) electrons. The predicted octanol–water partition coefficient (Wildman–Crippen LogP) is 3.45. The highest BCUT2D eigenvalue weighted by Gasteiger charge is 2.24. The van der Waals surface area contributed by atoms with E-state index in [4.69, 9.17) is 22.5 Å². The maximum absolute atomic E-state index is 8.70. The van der Waals surface area contributed by atoms with Crippen molar-refractivity contribution in [1.82, 2.24) is 0 Å². The second-order valence-corrected chi connectivity index (χ2v) is 6.56. The molecular weight excluding hydrogens is 274 g/mol. The summed E-state index contributed by atoms with van der Waals surface area (Å²) in [6.45, 7) is 6.67. The molecule has 1 aliphatic rings. The largest absolute Gasteiger partial charge is 0.409 e. The number of amidine groups is 1.